The van der Waals surface area contributed by atoms with Gasteiger partial charge in [-0.2, -0.15) is 0 Å². The van der Waals surface area contributed by atoms with Gasteiger partial charge in [-0.15, -0.1) is 0 Å². The van der Waals surface area contributed by atoms with Crippen LogP contribution in [-0.4, -0.2) is 57.6 Å². The first-order valence-electron chi connectivity index (χ1n) is 10.2. The second-order valence-corrected chi connectivity index (χ2v) is 8.93. The van der Waals surface area contributed by atoms with Crippen molar-refractivity contribution in [2.75, 3.05) is 26.2 Å². The predicted octanol–water partition coefficient (Wildman–Crippen LogP) is 4.60. The smallest absolute Gasteiger partial charge is 0.254 e. The third-order valence-electron chi connectivity index (χ3n) is 6.01. The summed E-state index contributed by atoms with van der Waals surface area (Å²) in [6, 6.07) is 10.4. The Kier molecular flexibility index (Phi) is 4.96. The molecule has 2 aromatic carbocycles. The van der Waals surface area contributed by atoms with Gasteiger partial charge in [0.2, 0.25) is 5.89 Å². The summed E-state index contributed by atoms with van der Waals surface area (Å²) in [6.07, 6.45) is 1.53. The third-order valence-corrected chi connectivity index (χ3v) is 6.55. The lowest BCUT2D eigenvalue weighted by Crippen LogP contribution is -2.49. The number of carbonyl (C=O) groups is 1. The molecule has 160 valence electrons. The van der Waals surface area contributed by atoms with E-state index in [9.17, 15) is 9.90 Å². The molecule has 3 aromatic rings. The number of nitrogens with zero attached hydrogens (tertiary/aromatic N) is 3. The molecule has 6 nitrogen and oxygen atoms in total. The van der Waals surface area contributed by atoms with Crippen LogP contribution in [0.2, 0.25) is 10.0 Å². The van der Waals surface area contributed by atoms with Gasteiger partial charge in [0, 0.05) is 48.5 Å². The summed E-state index contributed by atoms with van der Waals surface area (Å²) >= 11 is 12.5. The van der Waals surface area contributed by atoms with Crippen molar-refractivity contribution in [2.45, 2.75) is 18.4 Å². The minimum absolute atomic E-state index is 0.0757. The number of benzene rings is 2. The van der Waals surface area contributed by atoms with Crippen LogP contribution in [0, 0.1) is 0 Å². The zero-order chi connectivity index (χ0) is 21.8. The first-order chi connectivity index (χ1) is 14.8. The van der Waals surface area contributed by atoms with Crippen LogP contribution >= 0.6 is 23.2 Å². The van der Waals surface area contributed by atoms with Crippen molar-refractivity contribution in [3.05, 3.63) is 64.3 Å². The van der Waals surface area contributed by atoms with Crippen molar-refractivity contribution < 1.29 is 14.3 Å². The molecule has 1 saturated carbocycles. The Morgan fingerprint density at radius 2 is 1.77 bits per heavy atom. The molecule has 0 unspecified atom stereocenters. The van der Waals surface area contributed by atoms with Crippen molar-refractivity contribution >= 4 is 40.2 Å². The maximum absolute atomic E-state index is 13.0. The first kappa shape index (κ1) is 20.4. The molecular weight excluding hydrogens is 437 g/mol. The van der Waals surface area contributed by atoms with Crippen LogP contribution in [0.4, 0.5) is 0 Å². The molecule has 0 atom stereocenters. The highest BCUT2D eigenvalue weighted by Gasteiger charge is 2.45. The van der Waals surface area contributed by atoms with Crippen LogP contribution in [-0.2, 0) is 0 Å². The monoisotopic (exact) mass is 457 g/mol. The Morgan fingerprint density at radius 1 is 1.06 bits per heavy atom. The third kappa shape index (κ3) is 3.80. The Labute approximate surface area is 189 Å². The highest BCUT2D eigenvalue weighted by atomic mass is 35.5. The Bertz CT molecular complexity index is 1190. The molecule has 0 bridgehead atoms. The number of rotatable bonds is 4. The van der Waals surface area contributed by atoms with Gasteiger partial charge in [0.1, 0.15) is 11.1 Å². The summed E-state index contributed by atoms with van der Waals surface area (Å²) in [5.41, 5.74) is 2.43. The highest BCUT2D eigenvalue weighted by molar-refractivity contribution is 6.33. The van der Waals surface area contributed by atoms with E-state index in [2.05, 4.69) is 16.5 Å². The normalized spacial score (nSPS) is 17.8. The van der Waals surface area contributed by atoms with Crippen LogP contribution < -0.4 is 0 Å². The van der Waals surface area contributed by atoms with Crippen molar-refractivity contribution in [1.29, 1.82) is 0 Å². The van der Waals surface area contributed by atoms with E-state index in [0.717, 1.165) is 18.5 Å². The number of halogens is 2. The van der Waals surface area contributed by atoms with Crippen molar-refractivity contribution in [1.82, 2.24) is 14.8 Å². The van der Waals surface area contributed by atoms with E-state index in [1.54, 1.807) is 41.3 Å². The fourth-order valence-corrected chi connectivity index (χ4v) is 4.32. The van der Waals surface area contributed by atoms with Gasteiger partial charge in [-0.3, -0.25) is 4.79 Å². The maximum atomic E-state index is 13.0. The number of piperazine rings is 1. The highest BCUT2D eigenvalue weighted by Crippen LogP contribution is 2.42. The number of oxazole rings is 1. The lowest BCUT2D eigenvalue weighted by molar-refractivity contribution is 0.0622. The van der Waals surface area contributed by atoms with Crippen LogP contribution in [0.3, 0.4) is 0 Å². The molecule has 5 rings (SSSR count). The molecule has 2 heterocycles. The average Bonchev–Trinajstić information content (AvgIpc) is 3.39. The van der Waals surface area contributed by atoms with Gasteiger partial charge in [0.05, 0.1) is 10.6 Å². The number of fused-ring (bicyclic) bond motifs is 1. The van der Waals surface area contributed by atoms with Crippen molar-refractivity contribution in [2.24, 2.45) is 0 Å². The summed E-state index contributed by atoms with van der Waals surface area (Å²) < 4.78 is 5.79. The lowest BCUT2D eigenvalue weighted by atomic mass is 10.1. The van der Waals surface area contributed by atoms with E-state index in [1.165, 1.54) is 0 Å². The molecule has 2 fully saturated rings. The summed E-state index contributed by atoms with van der Waals surface area (Å²) in [5.74, 6) is 0.305. The number of hydrogen-bond acceptors (Lipinski definition) is 5. The molecule has 1 aliphatic heterocycles. The molecule has 1 amide bonds. The summed E-state index contributed by atoms with van der Waals surface area (Å²) in [7, 11) is 0. The minimum Gasteiger partial charge on any atom is -0.436 e. The second-order valence-electron chi connectivity index (χ2n) is 8.08. The SMILES string of the molecule is C=C(N1CCN(C(=O)c2ccc(-c3nc4ccc(Cl)cc4o3)c(Cl)c2)CC1)C1(O)CC1. The van der Waals surface area contributed by atoms with Gasteiger partial charge in [0.15, 0.2) is 5.58 Å². The fourth-order valence-electron chi connectivity index (χ4n) is 3.90. The lowest BCUT2D eigenvalue weighted by Gasteiger charge is -2.38. The molecule has 1 saturated heterocycles. The molecule has 1 aromatic heterocycles. The maximum Gasteiger partial charge on any atom is 0.254 e. The second kappa shape index (κ2) is 7.55. The summed E-state index contributed by atoms with van der Waals surface area (Å²) in [6.45, 7) is 6.49. The van der Waals surface area contributed by atoms with Crippen LogP contribution in [0.5, 0.6) is 0 Å². The van der Waals surface area contributed by atoms with Gasteiger partial charge in [-0.25, -0.2) is 4.98 Å². The Morgan fingerprint density at radius 3 is 2.45 bits per heavy atom. The zero-order valence-corrected chi connectivity index (χ0v) is 18.3. The number of hydrogen-bond donors (Lipinski definition) is 1. The van der Waals surface area contributed by atoms with E-state index in [1.807, 2.05) is 0 Å². The van der Waals surface area contributed by atoms with E-state index in [0.29, 0.717) is 64.3 Å². The predicted molar refractivity (Wildman–Crippen MR) is 120 cm³/mol. The topological polar surface area (TPSA) is 69.8 Å². The number of aliphatic hydroxyl groups is 1. The van der Waals surface area contributed by atoms with Crippen LogP contribution in [0.25, 0.3) is 22.6 Å². The summed E-state index contributed by atoms with van der Waals surface area (Å²) in [4.78, 5) is 21.3. The molecule has 8 heteroatoms. The van der Waals surface area contributed by atoms with Gasteiger partial charge in [0.25, 0.3) is 5.91 Å². The Hall–Kier alpha value is -2.54. The Balaban J connectivity index is 1.30. The van der Waals surface area contributed by atoms with E-state index < -0.39 is 5.60 Å². The number of aromatic nitrogens is 1. The minimum atomic E-state index is -0.731. The molecule has 0 spiro atoms. The van der Waals surface area contributed by atoms with Crippen molar-refractivity contribution in [3.63, 3.8) is 0 Å². The quantitative estimate of drug-likeness (QED) is 0.619. The van der Waals surface area contributed by atoms with Crippen LogP contribution in [0.15, 0.2) is 53.1 Å². The van der Waals surface area contributed by atoms with Gasteiger partial charge in [-0.1, -0.05) is 29.8 Å². The number of amides is 1. The molecule has 0 radical (unpaired) electrons. The average molecular weight is 458 g/mol. The van der Waals surface area contributed by atoms with E-state index in [-0.39, 0.29) is 5.91 Å². The molecule has 1 aliphatic carbocycles. The van der Waals surface area contributed by atoms with Gasteiger partial charge < -0.3 is 19.3 Å². The molecule has 31 heavy (non-hydrogen) atoms. The van der Waals surface area contributed by atoms with Gasteiger partial charge >= 0.3 is 0 Å². The van der Waals surface area contributed by atoms with E-state index >= 15 is 0 Å². The largest absolute Gasteiger partial charge is 0.436 e. The first-order valence-corrected chi connectivity index (χ1v) is 10.9. The van der Waals surface area contributed by atoms with Crippen LogP contribution in [0.1, 0.15) is 23.2 Å². The molecular formula is C23H21Cl2N3O3. The molecule has 2 aliphatic rings. The number of carbonyl (C=O) groups excluding carboxylic acids is 1. The molecule has 1 N–H and O–H groups in total. The zero-order valence-electron chi connectivity index (χ0n) is 16.8. The van der Waals surface area contributed by atoms with Crippen molar-refractivity contribution in [3.8, 4) is 11.5 Å². The van der Waals surface area contributed by atoms with E-state index in [4.69, 9.17) is 27.6 Å². The summed E-state index contributed by atoms with van der Waals surface area (Å²) in [5, 5.41) is 11.2. The van der Waals surface area contributed by atoms with Gasteiger partial charge in [-0.05, 0) is 43.2 Å². The standard InChI is InChI=1S/C23H21Cl2N3O3/c1-14(23(30)6-7-23)27-8-10-28(11-9-27)22(29)15-2-4-17(18(25)12-15)21-26-19-5-3-16(24)13-20(19)31-21/h2-5,12-13,30H,1,6-11H2. The fraction of sp³-hybridized carbons (Fsp3) is 0.304.